The molecule has 7 heteroatoms. The van der Waals surface area contributed by atoms with Gasteiger partial charge in [-0.3, -0.25) is 9.80 Å². The lowest BCUT2D eigenvalue weighted by molar-refractivity contribution is -0.102. The van der Waals surface area contributed by atoms with E-state index in [4.69, 9.17) is 23.7 Å². The summed E-state index contributed by atoms with van der Waals surface area (Å²) in [4.78, 5) is 4.95. The Kier molecular flexibility index (Phi) is 11.5. The zero-order chi connectivity index (χ0) is 26.3. The van der Waals surface area contributed by atoms with Crippen molar-refractivity contribution >= 4 is 0 Å². The maximum absolute atomic E-state index is 6.13. The number of hydrogen-bond donors (Lipinski definition) is 0. The number of hydrogen-bond acceptors (Lipinski definition) is 7. The number of nitrogens with zero attached hydrogens (tertiary/aromatic N) is 2. The third-order valence-electron chi connectivity index (χ3n) is 8.45. The number of rotatable bonds is 14. The largest absolute Gasteiger partial charge is 0.377 e. The molecule has 2 rings (SSSR count). The van der Waals surface area contributed by atoms with E-state index in [0.29, 0.717) is 52.9 Å². The molecule has 0 aromatic rings. The van der Waals surface area contributed by atoms with Crippen LogP contribution < -0.4 is 0 Å². The van der Waals surface area contributed by atoms with Crippen LogP contribution in [-0.4, -0.2) is 111 Å². The molecule has 2 heterocycles. The number of ether oxygens (including phenoxy) is 5. The van der Waals surface area contributed by atoms with Crippen LogP contribution in [0, 0.1) is 0 Å². The third-order valence-corrected chi connectivity index (χ3v) is 8.45. The van der Waals surface area contributed by atoms with Crippen molar-refractivity contribution in [3.63, 3.8) is 0 Å². The standard InChI is InChI=1S/C28H56N2O5/c1-25(2)19-23(20-26(3,4)29(25)9)34-17-15-32-13-11-31-12-14-33-16-18-35-24-21-27(5,6)30(10)28(7,8)22-24/h23-24H,11-22H2,1-10H3. The molecule has 2 aliphatic heterocycles. The minimum Gasteiger partial charge on any atom is -0.377 e. The van der Waals surface area contributed by atoms with Crippen LogP contribution >= 0.6 is 0 Å². The van der Waals surface area contributed by atoms with Gasteiger partial charge in [-0.05, 0) is 95.2 Å². The molecule has 7 nitrogen and oxygen atoms in total. The first-order valence-electron chi connectivity index (χ1n) is 13.6. The number of piperidine rings is 2. The monoisotopic (exact) mass is 500 g/mol. The van der Waals surface area contributed by atoms with Crippen LogP contribution in [0.25, 0.3) is 0 Å². The molecule has 0 spiro atoms. The summed E-state index contributed by atoms with van der Waals surface area (Å²) in [6.45, 7) is 23.2. The van der Waals surface area contributed by atoms with E-state index in [1.54, 1.807) is 0 Å². The van der Waals surface area contributed by atoms with Crippen molar-refractivity contribution in [3.8, 4) is 0 Å². The van der Waals surface area contributed by atoms with Gasteiger partial charge >= 0.3 is 0 Å². The molecule has 0 unspecified atom stereocenters. The van der Waals surface area contributed by atoms with Gasteiger partial charge in [0.2, 0.25) is 0 Å². The van der Waals surface area contributed by atoms with E-state index in [-0.39, 0.29) is 34.4 Å². The number of likely N-dealkylation sites (tertiary alicyclic amines) is 2. The minimum atomic E-state index is 0.149. The Hall–Kier alpha value is -0.280. The smallest absolute Gasteiger partial charge is 0.0704 e. The van der Waals surface area contributed by atoms with Gasteiger partial charge in [0.1, 0.15) is 0 Å². The van der Waals surface area contributed by atoms with Gasteiger partial charge in [-0.25, -0.2) is 0 Å². The minimum absolute atomic E-state index is 0.149. The SMILES string of the molecule is CN1C(C)(C)CC(OCCOCCOCCOCCOC2CC(C)(C)N(C)C(C)(C)C2)CC1(C)C. The molecule has 0 aromatic heterocycles. The predicted octanol–water partition coefficient (Wildman–Crippen LogP) is 4.37. The van der Waals surface area contributed by atoms with Gasteiger partial charge in [0, 0.05) is 22.2 Å². The zero-order valence-corrected chi connectivity index (χ0v) is 24.6. The summed E-state index contributed by atoms with van der Waals surface area (Å²) in [6.07, 6.45) is 4.78. The van der Waals surface area contributed by atoms with Crippen LogP contribution in [0.2, 0.25) is 0 Å². The first kappa shape index (κ1) is 30.9. The topological polar surface area (TPSA) is 52.6 Å². The van der Waals surface area contributed by atoms with Crippen LogP contribution in [0.1, 0.15) is 81.1 Å². The first-order valence-corrected chi connectivity index (χ1v) is 13.6. The van der Waals surface area contributed by atoms with Crippen LogP contribution in [0.3, 0.4) is 0 Å². The highest BCUT2D eigenvalue weighted by molar-refractivity contribution is 4.99. The maximum atomic E-state index is 6.13. The molecule has 2 fully saturated rings. The fourth-order valence-electron chi connectivity index (χ4n) is 5.88. The molecule has 35 heavy (non-hydrogen) atoms. The van der Waals surface area contributed by atoms with E-state index in [9.17, 15) is 0 Å². The van der Waals surface area contributed by atoms with E-state index in [2.05, 4.69) is 79.3 Å². The maximum Gasteiger partial charge on any atom is 0.0704 e. The highest BCUT2D eigenvalue weighted by Crippen LogP contribution is 2.39. The first-order chi connectivity index (χ1) is 16.2. The molecule has 0 aliphatic carbocycles. The molecule has 0 N–H and O–H groups in total. The Morgan fingerprint density at radius 3 is 0.943 bits per heavy atom. The van der Waals surface area contributed by atoms with E-state index in [1.165, 1.54) is 0 Å². The molecular weight excluding hydrogens is 444 g/mol. The zero-order valence-electron chi connectivity index (χ0n) is 24.6. The second-order valence-corrected chi connectivity index (χ2v) is 13.0. The van der Waals surface area contributed by atoms with Crippen molar-refractivity contribution in [1.29, 1.82) is 0 Å². The lowest BCUT2D eigenvalue weighted by atomic mass is 9.79. The molecule has 208 valence electrons. The Labute approximate surface area is 216 Å². The summed E-state index contributed by atoms with van der Waals surface area (Å²) < 4.78 is 29.2. The normalized spacial score (nSPS) is 25.2. The van der Waals surface area contributed by atoms with Crippen molar-refractivity contribution < 1.29 is 23.7 Å². The summed E-state index contributed by atoms with van der Waals surface area (Å²) in [5.41, 5.74) is 0.595. The molecule has 0 bridgehead atoms. The quantitative estimate of drug-likeness (QED) is 0.328. The molecule has 2 saturated heterocycles. The van der Waals surface area contributed by atoms with Gasteiger partial charge in [-0.15, -0.1) is 0 Å². The summed E-state index contributed by atoms with van der Waals surface area (Å²) in [5.74, 6) is 0. The van der Waals surface area contributed by atoms with Crippen LogP contribution in [0.15, 0.2) is 0 Å². The van der Waals surface area contributed by atoms with Gasteiger partial charge in [-0.2, -0.15) is 0 Å². The average molecular weight is 501 g/mol. The van der Waals surface area contributed by atoms with E-state index < -0.39 is 0 Å². The second-order valence-electron chi connectivity index (χ2n) is 13.0. The Morgan fingerprint density at radius 2 is 0.686 bits per heavy atom. The van der Waals surface area contributed by atoms with E-state index in [1.807, 2.05) is 0 Å². The summed E-state index contributed by atoms with van der Waals surface area (Å²) in [7, 11) is 4.44. The lowest BCUT2D eigenvalue weighted by Crippen LogP contribution is -2.60. The molecule has 2 aliphatic rings. The Bertz CT molecular complexity index is 534. The molecular formula is C28H56N2O5. The van der Waals surface area contributed by atoms with Crippen LogP contribution in [-0.2, 0) is 23.7 Å². The summed E-state index contributed by atoms with van der Waals surface area (Å²) in [5, 5.41) is 0. The summed E-state index contributed by atoms with van der Waals surface area (Å²) in [6, 6.07) is 0. The fraction of sp³-hybridized carbons (Fsp3) is 1.00. The molecule has 0 amide bonds. The molecule has 0 aromatic carbocycles. The van der Waals surface area contributed by atoms with Gasteiger partial charge in [-0.1, -0.05) is 0 Å². The van der Waals surface area contributed by atoms with Crippen LogP contribution in [0.4, 0.5) is 0 Å². The molecule has 0 atom stereocenters. The fourth-order valence-corrected chi connectivity index (χ4v) is 5.88. The van der Waals surface area contributed by atoms with Crippen molar-refractivity contribution in [2.45, 2.75) is 115 Å². The average Bonchev–Trinajstić information content (AvgIpc) is 2.72. The molecule has 0 saturated carbocycles. The Balaban J connectivity index is 1.42. The van der Waals surface area contributed by atoms with Gasteiger partial charge < -0.3 is 23.7 Å². The van der Waals surface area contributed by atoms with Gasteiger partial charge in [0.15, 0.2) is 0 Å². The second kappa shape index (κ2) is 13.0. The Morgan fingerprint density at radius 1 is 0.457 bits per heavy atom. The van der Waals surface area contributed by atoms with Crippen LogP contribution in [0.5, 0.6) is 0 Å². The van der Waals surface area contributed by atoms with Crippen molar-refractivity contribution in [2.75, 3.05) is 67.0 Å². The summed E-state index contributed by atoms with van der Waals surface area (Å²) >= 11 is 0. The van der Waals surface area contributed by atoms with Crippen molar-refractivity contribution in [1.82, 2.24) is 9.80 Å². The van der Waals surface area contributed by atoms with Crippen molar-refractivity contribution in [3.05, 3.63) is 0 Å². The van der Waals surface area contributed by atoms with Gasteiger partial charge in [0.05, 0.1) is 65.1 Å². The molecule has 0 radical (unpaired) electrons. The van der Waals surface area contributed by atoms with E-state index in [0.717, 1.165) is 25.7 Å². The van der Waals surface area contributed by atoms with E-state index >= 15 is 0 Å². The van der Waals surface area contributed by atoms with Crippen molar-refractivity contribution in [2.24, 2.45) is 0 Å². The third kappa shape index (κ3) is 9.51. The van der Waals surface area contributed by atoms with Gasteiger partial charge in [0.25, 0.3) is 0 Å². The highest BCUT2D eigenvalue weighted by atomic mass is 16.6. The predicted molar refractivity (Wildman–Crippen MR) is 142 cm³/mol. The highest BCUT2D eigenvalue weighted by Gasteiger charge is 2.44. The lowest BCUT2D eigenvalue weighted by Gasteiger charge is -2.53.